The van der Waals surface area contributed by atoms with Gasteiger partial charge in [0.15, 0.2) is 0 Å². The van der Waals surface area contributed by atoms with Gasteiger partial charge in [-0.2, -0.15) is 13.2 Å². The summed E-state index contributed by atoms with van der Waals surface area (Å²) >= 11 is 12.7. The maximum atomic E-state index is 13.7. The Bertz CT molecular complexity index is 1620. The van der Waals surface area contributed by atoms with Crippen LogP contribution in [0.5, 0.6) is 0 Å². The van der Waals surface area contributed by atoms with E-state index in [-0.39, 0.29) is 56.0 Å². The molecule has 2 aromatic heterocycles. The number of benzene rings is 2. The van der Waals surface area contributed by atoms with Crippen molar-refractivity contribution in [1.82, 2.24) is 8.96 Å². The lowest BCUT2D eigenvalue weighted by molar-refractivity contribution is -0.137. The number of halogens is 5. The van der Waals surface area contributed by atoms with Gasteiger partial charge in [-0.1, -0.05) is 41.4 Å². The molecule has 194 valence electrons. The number of carbonyl (C=O) groups is 1. The van der Waals surface area contributed by atoms with Crippen molar-refractivity contribution in [1.29, 1.82) is 0 Å². The van der Waals surface area contributed by atoms with Crippen molar-refractivity contribution in [2.45, 2.75) is 31.3 Å². The monoisotopic (exact) mass is 570 g/mol. The number of hydrogen-bond donors (Lipinski definition) is 0. The van der Waals surface area contributed by atoms with Gasteiger partial charge in [0.05, 0.1) is 33.2 Å². The number of aromatic nitrogens is 2. The molecule has 0 atom stereocenters. The number of aryl methyl sites for hydroxylation is 1. The van der Waals surface area contributed by atoms with Crippen molar-refractivity contribution in [2.75, 3.05) is 6.61 Å². The third kappa shape index (κ3) is 5.05. The summed E-state index contributed by atoms with van der Waals surface area (Å²) in [6.07, 6.45) is -3.81. The van der Waals surface area contributed by atoms with Crippen LogP contribution in [0.4, 0.5) is 13.2 Å². The Balaban J connectivity index is 2.01. The van der Waals surface area contributed by atoms with Gasteiger partial charge in [0.2, 0.25) is 0 Å². The predicted octanol–water partition coefficient (Wildman–Crippen LogP) is 6.67. The normalized spacial score (nSPS) is 12.2. The van der Waals surface area contributed by atoms with E-state index in [9.17, 15) is 26.4 Å². The highest BCUT2D eigenvalue weighted by atomic mass is 35.5. The summed E-state index contributed by atoms with van der Waals surface area (Å²) in [5.74, 6) is -0.749. The third-order valence-corrected chi connectivity index (χ3v) is 8.21. The molecule has 2 heterocycles. The lowest BCUT2D eigenvalue weighted by Gasteiger charge is -2.15. The molecule has 0 saturated carbocycles. The van der Waals surface area contributed by atoms with Gasteiger partial charge < -0.3 is 4.74 Å². The highest BCUT2D eigenvalue weighted by Crippen LogP contribution is 2.37. The number of nitrogens with zero attached hydrogens (tertiary/aromatic N) is 2. The number of hydrogen-bond acceptors (Lipinski definition) is 5. The molecule has 0 fully saturated rings. The number of pyridine rings is 1. The third-order valence-electron chi connectivity index (χ3n) is 5.68. The quantitative estimate of drug-likeness (QED) is 0.191. The van der Waals surface area contributed by atoms with E-state index in [2.05, 4.69) is 4.98 Å². The Morgan fingerprint density at radius 3 is 2.41 bits per heavy atom. The van der Waals surface area contributed by atoms with Crippen molar-refractivity contribution in [3.8, 4) is 0 Å². The van der Waals surface area contributed by atoms with E-state index < -0.39 is 27.7 Å². The van der Waals surface area contributed by atoms with Gasteiger partial charge in [0, 0.05) is 29.3 Å². The van der Waals surface area contributed by atoms with E-state index >= 15 is 0 Å². The number of fused-ring (bicyclic) bond motifs is 1. The van der Waals surface area contributed by atoms with Crippen LogP contribution in [0.15, 0.2) is 59.6 Å². The number of alkyl halides is 3. The number of carbonyl (C=O) groups excluding carboxylic acids is 1. The van der Waals surface area contributed by atoms with E-state index in [1.807, 2.05) is 0 Å². The summed E-state index contributed by atoms with van der Waals surface area (Å²) < 4.78 is 74.3. The van der Waals surface area contributed by atoms with E-state index in [0.29, 0.717) is 5.39 Å². The standard InChI is InChI=1S/C25H19Cl2F3N2O4S/c1-3-36-24(33)20-13-31-23(27)19(22(20)26)12-16-11-18-14(2)9-15(25(28,29)30)10-21(18)32(16)37(34,35)17-7-5-4-6-8-17/h4-11,13H,3,12H2,1-2H3. The van der Waals surface area contributed by atoms with Crippen LogP contribution in [-0.4, -0.2) is 30.0 Å². The molecule has 0 unspecified atom stereocenters. The summed E-state index contributed by atoms with van der Waals surface area (Å²) in [6, 6.07) is 10.5. The topological polar surface area (TPSA) is 78.3 Å². The molecule has 0 N–H and O–H groups in total. The molecule has 0 amide bonds. The highest BCUT2D eigenvalue weighted by Gasteiger charge is 2.33. The Hall–Kier alpha value is -3.08. The fraction of sp³-hybridized carbons (Fsp3) is 0.200. The Labute approximate surface area is 220 Å². The maximum absolute atomic E-state index is 13.7. The van der Waals surface area contributed by atoms with E-state index in [1.54, 1.807) is 13.0 Å². The summed E-state index contributed by atoms with van der Waals surface area (Å²) in [5, 5.41) is 0.101. The lowest BCUT2D eigenvalue weighted by atomic mass is 10.1. The van der Waals surface area contributed by atoms with Crippen LogP contribution in [0.2, 0.25) is 10.2 Å². The van der Waals surface area contributed by atoms with Gasteiger partial charge in [0.1, 0.15) is 5.15 Å². The first kappa shape index (κ1) is 27.0. The zero-order valence-corrected chi connectivity index (χ0v) is 21.8. The molecule has 0 aliphatic carbocycles. The van der Waals surface area contributed by atoms with Gasteiger partial charge in [-0.25, -0.2) is 22.2 Å². The van der Waals surface area contributed by atoms with Gasteiger partial charge >= 0.3 is 12.1 Å². The van der Waals surface area contributed by atoms with Gasteiger partial charge in [-0.05, 0) is 49.7 Å². The molecule has 4 rings (SSSR count). The molecule has 2 aromatic carbocycles. The van der Waals surface area contributed by atoms with E-state index in [0.717, 1.165) is 22.3 Å². The molecule has 4 aromatic rings. The molecule has 0 bridgehead atoms. The summed E-state index contributed by atoms with van der Waals surface area (Å²) in [6.45, 7) is 3.15. The first-order valence-corrected chi connectivity index (χ1v) is 13.1. The zero-order valence-electron chi connectivity index (χ0n) is 19.4. The van der Waals surface area contributed by atoms with E-state index in [4.69, 9.17) is 27.9 Å². The first-order chi connectivity index (χ1) is 17.4. The molecule has 6 nitrogen and oxygen atoms in total. The average Bonchev–Trinajstić information content (AvgIpc) is 3.21. The Morgan fingerprint density at radius 1 is 1.11 bits per heavy atom. The molecule has 12 heteroatoms. The SMILES string of the molecule is CCOC(=O)c1cnc(Cl)c(Cc2cc3c(C)cc(C(F)(F)F)cc3n2S(=O)(=O)c2ccccc2)c1Cl. The van der Waals surface area contributed by atoms with Crippen LogP contribution in [0.1, 0.15) is 39.7 Å². The minimum atomic E-state index is -4.70. The summed E-state index contributed by atoms with van der Waals surface area (Å²) in [7, 11) is -4.36. The second-order valence-corrected chi connectivity index (χ2v) is 10.6. The van der Waals surface area contributed by atoms with Crippen LogP contribution in [-0.2, 0) is 27.4 Å². The van der Waals surface area contributed by atoms with Crippen LogP contribution in [0, 0.1) is 6.92 Å². The fourth-order valence-electron chi connectivity index (χ4n) is 3.98. The second-order valence-electron chi connectivity index (χ2n) is 8.09. The van der Waals surface area contributed by atoms with Crippen LogP contribution < -0.4 is 0 Å². The van der Waals surface area contributed by atoms with E-state index in [1.165, 1.54) is 37.3 Å². The summed E-state index contributed by atoms with van der Waals surface area (Å²) in [4.78, 5) is 16.2. The Kier molecular flexibility index (Phi) is 7.29. The fourth-order valence-corrected chi connectivity index (χ4v) is 6.06. The van der Waals surface area contributed by atoms with Crippen molar-refractivity contribution >= 4 is 50.1 Å². The minimum absolute atomic E-state index is 0.0767. The predicted molar refractivity (Wildman–Crippen MR) is 134 cm³/mol. The van der Waals surface area contributed by atoms with Crippen molar-refractivity contribution in [2.24, 2.45) is 0 Å². The van der Waals surface area contributed by atoms with Gasteiger partial charge in [-0.15, -0.1) is 0 Å². The smallest absolute Gasteiger partial charge is 0.416 e. The van der Waals surface area contributed by atoms with Crippen LogP contribution in [0.25, 0.3) is 10.9 Å². The Morgan fingerprint density at radius 2 is 1.78 bits per heavy atom. The molecular formula is C25H19Cl2F3N2O4S. The highest BCUT2D eigenvalue weighted by molar-refractivity contribution is 7.90. The first-order valence-electron chi connectivity index (χ1n) is 10.9. The number of rotatable bonds is 6. The van der Waals surface area contributed by atoms with Gasteiger partial charge in [0.25, 0.3) is 10.0 Å². The van der Waals surface area contributed by atoms with Crippen molar-refractivity contribution in [3.63, 3.8) is 0 Å². The van der Waals surface area contributed by atoms with Crippen molar-refractivity contribution < 1.29 is 31.1 Å². The largest absolute Gasteiger partial charge is 0.462 e. The minimum Gasteiger partial charge on any atom is -0.462 e. The number of esters is 1. The molecule has 0 aliphatic heterocycles. The lowest BCUT2D eigenvalue weighted by Crippen LogP contribution is -2.17. The molecule has 37 heavy (non-hydrogen) atoms. The van der Waals surface area contributed by atoms with Crippen molar-refractivity contribution in [3.05, 3.63) is 92.9 Å². The average molecular weight is 571 g/mol. The summed E-state index contributed by atoms with van der Waals surface area (Å²) in [5.41, 5.74) is -0.805. The molecule has 0 saturated heterocycles. The zero-order chi connectivity index (χ0) is 27.1. The molecule has 0 spiro atoms. The van der Waals surface area contributed by atoms with Gasteiger partial charge in [-0.3, -0.25) is 0 Å². The van der Waals surface area contributed by atoms with Crippen LogP contribution in [0.3, 0.4) is 0 Å². The maximum Gasteiger partial charge on any atom is 0.416 e. The number of ether oxygens (including phenoxy) is 1. The molecule has 0 radical (unpaired) electrons. The molecular weight excluding hydrogens is 552 g/mol. The van der Waals surface area contributed by atoms with Crippen LogP contribution >= 0.6 is 23.2 Å². The molecule has 0 aliphatic rings. The second kappa shape index (κ2) is 10.00.